The second-order valence-corrected chi connectivity index (χ2v) is 3.82. The fraction of sp³-hybridized carbons (Fsp3) is 0.200. The van der Waals surface area contributed by atoms with Gasteiger partial charge in [0.25, 0.3) is 0 Å². The third kappa shape index (κ3) is 6.21. The van der Waals surface area contributed by atoms with Crippen LogP contribution in [-0.4, -0.2) is 0 Å². The smallest absolute Gasteiger partial charge is 1.00 e. The summed E-state index contributed by atoms with van der Waals surface area (Å²) in [5.41, 5.74) is 2.88. The summed E-state index contributed by atoms with van der Waals surface area (Å²) in [5.74, 6) is 0. The molecule has 0 fully saturated rings. The van der Waals surface area contributed by atoms with Crippen molar-refractivity contribution in [1.82, 2.24) is 0 Å². The van der Waals surface area contributed by atoms with E-state index in [1.54, 1.807) is 0 Å². The van der Waals surface area contributed by atoms with E-state index in [1.807, 2.05) is 0 Å². The quantitative estimate of drug-likeness (QED) is 0.519. The number of benzene rings is 2. The molecule has 2 rings (SSSR count). The molecule has 0 saturated heterocycles. The predicted molar refractivity (Wildman–Crippen MR) is 67.1 cm³/mol. The van der Waals surface area contributed by atoms with E-state index >= 15 is 0 Å². The van der Waals surface area contributed by atoms with Gasteiger partial charge in [0.2, 0.25) is 0 Å². The monoisotopic (exact) mass is 212 g/mol. The van der Waals surface area contributed by atoms with Gasteiger partial charge in [-0.1, -0.05) is 60.7 Å². The Morgan fingerprint density at radius 1 is 0.588 bits per heavy atom. The molecule has 0 N–H and O–H groups in total. The Bertz CT molecular complexity index is 354. The molecule has 0 spiro atoms. The van der Waals surface area contributed by atoms with E-state index in [2.05, 4.69) is 60.7 Å². The minimum absolute atomic E-state index is 0. The van der Waals surface area contributed by atoms with Gasteiger partial charge in [-0.05, 0) is 30.4 Å². The van der Waals surface area contributed by atoms with E-state index in [0.717, 1.165) is 0 Å². The van der Waals surface area contributed by atoms with Crippen molar-refractivity contribution in [3.63, 3.8) is 0 Å². The third-order valence-electron chi connectivity index (χ3n) is 2.62. The molecule has 0 aromatic heterocycles. The summed E-state index contributed by atoms with van der Waals surface area (Å²) in [5, 5.41) is 0. The molecule has 2 aromatic carbocycles. The molecule has 2 heteroatoms. The van der Waals surface area contributed by atoms with Gasteiger partial charge in [0.15, 0.2) is 0 Å². The molecule has 0 unspecified atom stereocenters. The van der Waals surface area contributed by atoms with Gasteiger partial charge in [0, 0.05) is 0 Å². The van der Waals surface area contributed by atoms with Crippen LogP contribution in [0.3, 0.4) is 0 Å². The molecule has 0 atom stereocenters. The van der Waals surface area contributed by atoms with E-state index in [9.17, 15) is 0 Å². The number of hydrogen-bond donors (Lipinski definition) is 0. The minimum atomic E-state index is 0. The van der Waals surface area contributed by atoms with Crippen molar-refractivity contribution in [1.29, 1.82) is 0 Å². The standard InChI is InChI=1S/C15H16.2Li.2H/c1-3-8-14(9-4-1)12-7-13-15-10-5-2-6-11-15;;;;/h1-6,8-11H,7,12-13H2;;;;/q;2*+1;2*-1. The first-order valence-electron chi connectivity index (χ1n) is 5.53. The first-order valence-corrected chi connectivity index (χ1v) is 5.53. The average Bonchev–Trinajstić information content (AvgIpc) is 2.32. The molecular weight excluding hydrogens is 194 g/mol. The van der Waals surface area contributed by atoms with Crippen molar-refractivity contribution in [3.8, 4) is 0 Å². The Balaban J connectivity index is -0.000000640. The van der Waals surface area contributed by atoms with E-state index in [-0.39, 0.29) is 40.6 Å². The molecule has 0 bridgehead atoms. The van der Waals surface area contributed by atoms with Crippen LogP contribution < -0.4 is 37.7 Å². The molecule has 0 aliphatic carbocycles. The number of aryl methyl sites for hydroxylation is 2. The van der Waals surface area contributed by atoms with Crippen LogP contribution in [0.25, 0.3) is 0 Å². The number of hydrogen-bond acceptors (Lipinski definition) is 0. The van der Waals surface area contributed by atoms with E-state index in [1.165, 1.54) is 30.4 Å². The average molecular weight is 212 g/mol. The van der Waals surface area contributed by atoms with Gasteiger partial charge in [-0.2, -0.15) is 0 Å². The maximum atomic E-state index is 2.20. The van der Waals surface area contributed by atoms with Gasteiger partial charge in [-0.3, -0.25) is 0 Å². The van der Waals surface area contributed by atoms with Gasteiger partial charge < -0.3 is 2.85 Å². The SMILES string of the molecule is [H-].[H-].[Li+].[Li+].c1ccc(CCCc2ccccc2)cc1. The summed E-state index contributed by atoms with van der Waals surface area (Å²) in [7, 11) is 0. The summed E-state index contributed by atoms with van der Waals surface area (Å²) < 4.78 is 0. The van der Waals surface area contributed by atoms with Crippen LogP contribution >= 0.6 is 0 Å². The Morgan fingerprint density at radius 3 is 1.29 bits per heavy atom. The molecule has 80 valence electrons. The fourth-order valence-corrected chi connectivity index (χ4v) is 1.79. The Morgan fingerprint density at radius 2 is 0.941 bits per heavy atom. The summed E-state index contributed by atoms with van der Waals surface area (Å²) in [6, 6.07) is 21.4. The van der Waals surface area contributed by atoms with Crippen molar-refractivity contribution >= 4 is 0 Å². The Hall–Kier alpha value is -0.365. The van der Waals surface area contributed by atoms with E-state index < -0.39 is 0 Å². The molecular formula is C15H18Li2. The van der Waals surface area contributed by atoms with Crippen LogP contribution in [0.1, 0.15) is 20.4 Å². The molecule has 0 saturated carbocycles. The van der Waals surface area contributed by atoms with Crippen LogP contribution in [0.2, 0.25) is 0 Å². The molecule has 0 aliphatic rings. The largest absolute Gasteiger partial charge is 1.00 e. The maximum absolute atomic E-state index is 2.20. The van der Waals surface area contributed by atoms with Crippen molar-refractivity contribution in [2.45, 2.75) is 19.3 Å². The zero-order valence-corrected chi connectivity index (χ0v) is 10.9. The first kappa shape index (κ1) is 16.6. The summed E-state index contributed by atoms with van der Waals surface area (Å²) in [6.45, 7) is 0. The van der Waals surface area contributed by atoms with Crippen LogP contribution in [0.5, 0.6) is 0 Å². The van der Waals surface area contributed by atoms with Crippen molar-refractivity contribution in [2.75, 3.05) is 0 Å². The van der Waals surface area contributed by atoms with Crippen molar-refractivity contribution in [3.05, 3.63) is 71.8 Å². The first-order chi connectivity index (χ1) is 7.45. The summed E-state index contributed by atoms with van der Waals surface area (Å²) in [4.78, 5) is 0. The minimum Gasteiger partial charge on any atom is -1.00 e. The molecule has 17 heavy (non-hydrogen) atoms. The molecule has 0 radical (unpaired) electrons. The molecule has 0 amide bonds. The maximum Gasteiger partial charge on any atom is 1.00 e. The van der Waals surface area contributed by atoms with Crippen LogP contribution in [0.15, 0.2) is 60.7 Å². The second kappa shape index (κ2) is 9.64. The van der Waals surface area contributed by atoms with Gasteiger partial charge in [-0.15, -0.1) is 0 Å². The molecule has 0 nitrogen and oxygen atoms in total. The third-order valence-corrected chi connectivity index (χ3v) is 2.62. The van der Waals surface area contributed by atoms with Gasteiger partial charge in [0.1, 0.15) is 0 Å². The predicted octanol–water partition coefficient (Wildman–Crippen LogP) is -1.91. The van der Waals surface area contributed by atoms with E-state index in [0.29, 0.717) is 0 Å². The van der Waals surface area contributed by atoms with Crippen LogP contribution in [-0.2, 0) is 12.8 Å². The topological polar surface area (TPSA) is 0 Å². The summed E-state index contributed by atoms with van der Waals surface area (Å²) in [6.07, 6.45) is 3.58. The van der Waals surface area contributed by atoms with Crippen LogP contribution in [0, 0.1) is 0 Å². The van der Waals surface area contributed by atoms with Crippen LogP contribution in [0.4, 0.5) is 0 Å². The normalized spacial score (nSPS) is 8.94. The second-order valence-electron chi connectivity index (χ2n) is 3.82. The number of rotatable bonds is 4. The van der Waals surface area contributed by atoms with E-state index in [4.69, 9.17) is 0 Å². The molecule has 0 heterocycles. The zero-order valence-electron chi connectivity index (χ0n) is 12.9. The van der Waals surface area contributed by atoms with Gasteiger partial charge in [-0.25, -0.2) is 0 Å². The summed E-state index contributed by atoms with van der Waals surface area (Å²) >= 11 is 0. The van der Waals surface area contributed by atoms with Gasteiger partial charge in [0.05, 0.1) is 0 Å². The van der Waals surface area contributed by atoms with Gasteiger partial charge >= 0.3 is 37.7 Å². The van der Waals surface area contributed by atoms with Crippen molar-refractivity contribution in [2.24, 2.45) is 0 Å². The zero-order chi connectivity index (χ0) is 10.3. The molecule has 0 aliphatic heterocycles. The molecule has 2 aromatic rings. The Kier molecular flexibility index (Phi) is 9.44. The Labute approximate surface area is 131 Å². The van der Waals surface area contributed by atoms with Crippen molar-refractivity contribution < 1.29 is 40.6 Å². The fourth-order valence-electron chi connectivity index (χ4n) is 1.79.